The minimum atomic E-state index is -0.0929. The normalized spacial score (nSPS) is 13.5. The van der Waals surface area contributed by atoms with Crippen LogP contribution in [0.2, 0.25) is 0 Å². The zero-order chi connectivity index (χ0) is 15.2. The predicted molar refractivity (Wildman–Crippen MR) is 83.1 cm³/mol. The summed E-state index contributed by atoms with van der Waals surface area (Å²) in [5.74, 6) is -0.139. The average Bonchev–Trinajstić information content (AvgIpc) is 2.45. The summed E-state index contributed by atoms with van der Waals surface area (Å²) < 4.78 is 0. The summed E-state index contributed by atoms with van der Waals surface area (Å²) in [6.45, 7) is 3.52. The summed E-state index contributed by atoms with van der Waals surface area (Å²) in [7, 11) is 0. The van der Waals surface area contributed by atoms with Crippen LogP contribution in [0.15, 0.2) is 18.2 Å². The Kier molecular flexibility index (Phi) is 5.03. The molecule has 0 aliphatic carbocycles. The van der Waals surface area contributed by atoms with E-state index < -0.39 is 0 Å². The molecule has 2 rings (SSSR count). The number of nitrogens with two attached hydrogens (primary N) is 1. The first-order valence-electron chi connectivity index (χ1n) is 7.21. The van der Waals surface area contributed by atoms with Gasteiger partial charge in [0.15, 0.2) is 0 Å². The van der Waals surface area contributed by atoms with Gasteiger partial charge in [-0.3, -0.25) is 9.59 Å². The Hall–Kier alpha value is -2.24. The SMILES string of the molecule is CC(=O)NCCNC(=O)CN1CCCc2c(N)cccc21. The number of carbonyl (C=O) groups excluding carboxylic acids is 2. The molecule has 1 heterocycles. The first-order valence-corrected chi connectivity index (χ1v) is 7.21. The summed E-state index contributed by atoms with van der Waals surface area (Å²) in [5.41, 5.74) is 8.98. The molecule has 6 nitrogen and oxygen atoms in total. The molecule has 2 amide bonds. The third kappa shape index (κ3) is 4.11. The van der Waals surface area contributed by atoms with Gasteiger partial charge < -0.3 is 21.3 Å². The second-order valence-electron chi connectivity index (χ2n) is 5.20. The molecule has 0 spiro atoms. The number of nitrogens with one attached hydrogen (secondary N) is 2. The molecular weight excluding hydrogens is 268 g/mol. The van der Waals surface area contributed by atoms with Gasteiger partial charge >= 0.3 is 0 Å². The van der Waals surface area contributed by atoms with Gasteiger partial charge in [-0.15, -0.1) is 0 Å². The topological polar surface area (TPSA) is 87.5 Å². The van der Waals surface area contributed by atoms with E-state index in [1.54, 1.807) is 0 Å². The molecular formula is C15H22N4O2. The van der Waals surface area contributed by atoms with E-state index in [4.69, 9.17) is 5.73 Å². The molecule has 1 aromatic carbocycles. The largest absolute Gasteiger partial charge is 0.398 e. The Bertz CT molecular complexity index is 530. The van der Waals surface area contributed by atoms with Crippen LogP contribution in [0.4, 0.5) is 11.4 Å². The van der Waals surface area contributed by atoms with Gasteiger partial charge in [-0.05, 0) is 30.5 Å². The van der Waals surface area contributed by atoms with Crippen LogP contribution in [0, 0.1) is 0 Å². The molecule has 1 aliphatic heterocycles. The van der Waals surface area contributed by atoms with Crippen LogP contribution in [-0.4, -0.2) is 38.0 Å². The van der Waals surface area contributed by atoms with Gasteiger partial charge in [0, 0.05) is 37.9 Å². The molecule has 0 bridgehead atoms. The van der Waals surface area contributed by atoms with Gasteiger partial charge in [0.25, 0.3) is 0 Å². The van der Waals surface area contributed by atoms with Crippen molar-refractivity contribution in [3.05, 3.63) is 23.8 Å². The van der Waals surface area contributed by atoms with E-state index in [0.717, 1.165) is 36.3 Å². The Morgan fingerprint density at radius 3 is 2.81 bits per heavy atom. The van der Waals surface area contributed by atoms with Crippen LogP contribution in [-0.2, 0) is 16.0 Å². The zero-order valence-corrected chi connectivity index (χ0v) is 12.3. The lowest BCUT2D eigenvalue weighted by molar-refractivity contribution is -0.121. The first-order chi connectivity index (χ1) is 10.1. The molecule has 0 unspecified atom stereocenters. The van der Waals surface area contributed by atoms with Crippen molar-refractivity contribution in [2.75, 3.05) is 36.8 Å². The number of carbonyl (C=O) groups is 2. The highest BCUT2D eigenvalue weighted by Crippen LogP contribution is 2.30. The lowest BCUT2D eigenvalue weighted by atomic mass is 10.00. The Balaban J connectivity index is 1.88. The van der Waals surface area contributed by atoms with E-state index in [2.05, 4.69) is 15.5 Å². The number of amides is 2. The van der Waals surface area contributed by atoms with E-state index in [1.807, 2.05) is 18.2 Å². The minimum Gasteiger partial charge on any atom is -0.398 e. The minimum absolute atomic E-state index is 0.0457. The maximum Gasteiger partial charge on any atom is 0.239 e. The molecule has 4 N–H and O–H groups in total. The second-order valence-corrected chi connectivity index (χ2v) is 5.20. The van der Waals surface area contributed by atoms with Gasteiger partial charge in [0.1, 0.15) is 0 Å². The summed E-state index contributed by atoms with van der Waals surface area (Å²) >= 11 is 0. The molecule has 6 heteroatoms. The van der Waals surface area contributed by atoms with Crippen molar-refractivity contribution in [1.29, 1.82) is 0 Å². The number of rotatable bonds is 5. The molecule has 0 saturated heterocycles. The summed E-state index contributed by atoms with van der Waals surface area (Å²) in [6.07, 6.45) is 1.96. The van der Waals surface area contributed by atoms with Crippen LogP contribution in [0.1, 0.15) is 18.9 Å². The maximum atomic E-state index is 12.0. The predicted octanol–water partition coefficient (Wildman–Crippen LogP) is 0.274. The Morgan fingerprint density at radius 1 is 1.29 bits per heavy atom. The van der Waals surface area contributed by atoms with Gasteiger partial charge in [0.05, 0.1) is 6.54 Å². The number of hydrogen-bond acceptors (Lipinski definition) is 4. The Morgan fingerprint density at radius 2 is 2.05 bits per heavy atom. The number of hydrogen-bond donors (Lipinski definition) is 3. The first kappa shape index (κ1) is 15.2. The van der Waals surface area contributed by atoms with Gasteiger partial charge in [0.2, 0.25) is 11.8 Å². The lowest BCUT2D eigenvalue weighted by Gasteiger charge is -2.31. The fraction of sp³-hybridized carbons (Fsp3) is 0.467. The van der Waals surface area contributed by atoms with Crippen LogP contribution in [0.5, 0.6) is 0 Å². The van der Waals surface area contributed by atoms with Crippen LogP contribution in [0.3, 0.4) is 0 Å². The highest BCUT2D eigenvalue weighted by Gasteiger charge is 2.20. The molecule has 0 radical (unpaired) electrons. The quantitative estimate of drug-likeness (QED) is 0.537. The molecule has 1 aromatic rings. The second kappa shape index (κ2) is 6.97. The van der Waals surface area contributed by atoms with Crippen LogP contribution < -0.4 is 21.3 Å². The molecule has 114 valence electrons. The Labute approximate surface area is 124 Å². The van der Waals surface area contributed by atoms with Crippen molar-refractivity contribution in [3.63, 3.8) is 0 Å². The zero-order valence-electron chi connectivity index (χ0n) is 12.3. The number of nitrogens with zero attached hydrogens (tertiary/aromatic N) is 1. The van der Waals surface area contributed by atoms with E-state index in [1.165, 1.54) is 6.92 Å². The summed E-state index contributed by atoms with van der Waals surface area (Å²) in [5, 5.41) is 5.45. The highest BCUT2D eigenvalue weighted by molar-refractivity contribution is 5.82. The van der Waals surface area contributed by atoms with Crippen molar-refractivity contribution in [2.45, 2.75) is 19.8 Å². The highest BCUT2D eigenvalue weighted by atomic mass is 16.2. The molecule has 0 aromatic heterocycles. The standard InChI is InChI=1S/C15H22N4O2/c1-11(20)17-7-8-18-15(21)10-19-9-3-4-12-13(16)5-2-6-14(12)19/h2,5-6H,3-4,7-10,16H2,1H3,(H,17,20)(H,18,21). The van der Waals surface area contributed by atoms with E-state index in [0.29, 0.717) is 19.6 Å². The van der Waals surface area contributed by atoms with E-state index in [9.17, 15) is 9.59 Å². The van der Waals surface area contributed by atoms with E-state index >= 15 is 0 Å². The van der Waals surface area contributed by atoms with Crippen LogP contribution >= 0.6 is 0 Å². The van der Waals surface area contributed by atoms with Gasteiger partial charge in [-0.2, -0.15) is 0 Å². The summed E-state index contributed by atoms with van der Waals surface area (Å²) in [6, 6.07) is 5.83. The van der Waals surface area contributed by atoms with Crippen molar-refractivity contribution in [2.24, 2.45) is 0 Å². The fourth-order valence-corrected chi connectivity index (χ4v) is 2.56. The van der Waals surface area contributed by atoms with Gasteiger partial charge in [-0.1, -0.05) is 6.07 Å². The monoisotopic (exact) mass is 290 g/mol. The lowest BCUT2D eigenvalue weighted by Crippen LogP contribution is -2.42. The number of benzene rings is 1. The molecule has 21 heavy (non-hydrogen) atoms. The average molecular weight is 290 g/mol. The molecule has 0 fully saturated rings. The molecule has 0 atom stereocenters. The maximum absolute atomic E-state index is 12.0. The van der Waals surface area contributed by atoms with Crippen molar-refractivity contribution < 1.29 is 9.59 Å². The summed E-state index contributed by atoms with van der Waals surface area (Å²) in [4.78, 5) is 24.7. The van der Waals surface area contributed by atoms with Crippen molar-refractivity contribution in [1.82, 2.24) is 10.6 Å². The third-order valence-corrected chi connectivity index (χ3v) is 3.54. The number of fused-ring (bicyclic) bond motifs is 1. The van der Waals surface area contributed by atoms with Gasteiger partial charge in [-0.25, -0.2) is 0 Å². The fourth-order valence-electron chi connectivity index (χ4n) is 2.56. The number of nitrogen functional groups attached to an aromatic ring is 1. The van der Waals surface area contributed by atoms with Crippen molar-refractivity contribution >= 4 is 23.2 Å². The van der Waals surface area contributed by atoms with E-state index in [-0.39, 0.29) is 11.8 Å². The van der Waals surface area contributed by atoms with Crippen LogP contribution in [0.25, 0.3) is 0 Å². The molecule has 1 aliphatic rings. The van der Waals surface area contributed by atoms with Crippen molar-refractivity contribution in [3.8, 4) is 0 Å². The smallest absolute Gasteiger partial charge is 0.239 e. The third-order valence-electron chi connectivity index (χ3n) is 3.54. The molecule has 0 saturated carbocycles. The number of anilines is 2.